The fraction of sp³-hybridized carbons (Fsp3) is 0.812. The van der Waals surface area contributed by atoms with Gasteiger partial charge in [0.05, 0.1) is 25.6 Å². The van der Waals surface area contributed by atoms with Crippen LogP contribution in [0.2, 0.25) is 0 Å². The summed E-state index contributed by atoms with van der Waals surface area (Å²) in [5.74, 6) is -2.41. The Morgan fingerprint density at radius 3 is 1.14 bits per heavy atom. The molecule has 1 unspecified atom stereocenters. The molecule has 0 aliphatic heterocycles. The molecular formula is C48H83BrO10. The fourth-order valence-corrected chi connectivity index (χ4v) is 6.54. The van der Waals surface area contributed by atoms with Gasteiger partial charge in [0, 0.05) is 36.9 Å². The molecule has 0 aromatic carbocycles. The first-order valence-electron chi connectivity index (χ1n) is 23.4. The number of alkyl halides is 1. The lowest BCUT2D eigenvalue weighted by Gasteiger charge is -2.18. The molecule has 0 saturated heterocycles. The van der Waals surface area contributed by atoms with Gasteiger partial charge in [0.2, 0.25) is 0 Å². The van der Waals surface area contributed by atoms with Crippen molar-refractivity contribution >= 4 is 45.8 Å². The second-order valence-electron chi connectivity index (χ2n) is 15.8. The lowest BCUT2D eigenvalue weighted by molar-refractivity contribution is -0.155. The topological polar surface area (TPSA) is 132 Å². The Balaban J connectivity index is 4.72. The number of unbranched alkanes of at least 4 members (excludes halogenated alkanes) is 16. The maximum Gasteiger partial charge on any atom is 0.306 e. The maximum absolute atomic E-state index is 12.8. The number of ether oxygens (including phenoxy) is 5. The summed E-state index contributed by atoms with van der Waals surface area (Å²) in [5, 5.41) is 0.464. The van der Waals surface area contributed by atoms with Crippen LogP contribution in [0.25, 0.3) is 0 Å². The smallest absolute Gasteiger partial charge is 0.306 e. The van der Waals surface area contributed by atoms with Crippen LogP contribution in [0.1, 0.15) is 201 Å². The van der Waals surface area contributed by atoms with E-state index in [2.05, 4.69) is 61.0 Å². The number of hydrogen-bond donors (Lipinski definition) is 0. The lowest BCUT2D eigenvalue weighted by Crippen LogP contribution is -2.26. The molecule has 0 saturated carbocycles. The molecule has 0 aliphatic carbocycles. The van der Waals surface area contributed by atoms with Gasteiger partial charge in [-0.05, 0) is 64.2 Å². The van der Waals surface area contributed by atoms with Crippen LogP contribution in [-0.4, -0.2) is 68.2 Å². The van der Waals surface area contributed by atoms with E-state index in [1.54, 1.807) is 0 Å². The molecule has 1 atom stereocenters. The Kier molecular flexibility index (Phi) is 41.4. The van der Waals surface area contributed by atoms with Gasteiger partial charge in [-0.2, -0.15) is 0 Å². The minimum atomic E-state index is -0.498. The largest absolute Gasteiger partial charge is 0.465 e. The highest BCUT2D eigenvalue weighted by Gasteiger charge is 2.19. The van der Waals surface area contributed by atoms with Crippen LogP contribution in [-0.2, 0) is 47.7 Å². The van der Waals surface area contributed by atoms with Gasteiger partial charge in [-0.3, -0.25) is 24.0 Å². The van der Waals surface area contributed by atoms with Crippen molar-refractivity contribution in [2.75, 3.05) is 38.4 Å². The van der Waals surface area contributed by atoms with Crippen molar-refractivity contribution in [2.45, 2.75) is 201 Å². The first-order chi connectivity index (χ1) is 28.7. The molecule has 0 spiro atoms. The van der Waals surface area contributed by atoms with Crippen molar-refractivity contribution in [3.05, 3.63) is 24.3 Å². The first kappa shape index (κ1) is 56.3. The Morgan fingerprint density at radius 1 is 0.390 bits per heavy atom. The SMILES string of the molecule is CCCCC/C=C\C/C=C\CCCCCCCC(=O)OCC(COC(=O)CCBr)COC(=O)CCCC(COC(=O)CCCCCCC)COC(=O)CCCCCCC. The number of rotatable bonds is 42. The monoisotopic (exact) mass is 899 g/mol. The Morgan fingerprint density at radius 2 is 0.712 bits per heavy atom. The van der Waals surface area contributed by atoms with Crippen molar-refractivity contribution in [3.8, 4) is 0 Å². The van der Waals surface area contributed by atoms with E-state index < -0.39 is 17.9 Å². The molecule has 0 aromatic heterocycles. The van der Waals surface area contributed by atoms with Crippen molar-refractivity contribution in [3.63, 3.8) is 0 Å². The average Bonchev–Trinajstić information content (AvgIpc) is 3.22. The summed E-state index contributed by atoms with van der Waals surface area (Å²) < 4.78 is 27.5. The highest BCUT2D eigenvalue weighted by atomic mass is 79.9. The average molecular weight is 900 g/mol. The van der Waals surface area contributed by atoms with Gasteiger partial charge in [-0.15, -0.1) is 0 Å². The van der Waals surface area contributed by atoms with Crippen molar-refractivity contribution in [1.82, 2.24) is 0 Å². The van der Waals surface area contributed by atoms with E-state index in [4.69, 9.17) is 23.7 Å². The molecule has 0 heterocycles. The standard InChI is InChI=1S/C48H83BrO10/c1-4-7-10-13-14-15-16-17-18-19-20-21-22-25-28-33-46(52)57-39-43(41-59-48(54)35-36-49)40-58-47(53)34-29-30-42(37-55-44(50)31-26-23-11-8-5-2)38-56-45(51)32-27-24-12-9-6-3/h14-15,17-18,42-43H,4-13,16,19-41H2,1-3H3/b15-14-,18-17-. The highest BCUT2D eigenvalue weighted by molar-refractivity contribution is 9.09. The number of esters is 5. The third-order valence-corrected chi connectivity index (χ3v) is 10.4. The van der Waals surface area contributed by atoms with Gasteiger partial charge in [0.15, 0.2) is 0 Å². The molecule has 0 fully saturated rings. The molecule has 59 heavy (non-hydrogen) atoms. The zero-order chi connectivity index (χ0) is 43.4. The second kappa shape index (κ2) is 43.4. The Labute approximate surface area is 367 Å². The van der Waals surface area contributed by atoms with Crippen molar-refractivity contribution in [2.24, 2.45) is 11.8 Å². The molecular weight excluding hydrogens is 816 g/mol. The maximum atomic E-state index is 12.8. The Hall–Kier alpha value is -2.69. The number of carbonyl (C=O) groups excluding carboxylic acids is 5. The van der Waals surface area contributed by atoms with Crippen LogP contribution >= 0.6 is 15.9 Å². The second-order valence-corrected chi connectivity index (χ2v) is 16.6. The van der Waals surface area contributed by atoms with E-state index in [1.807, 2.05) is 0 Å². The van der Waals surface area contributed by atoms with Crippen LogP contribution in [0.4, 0.5) is 0 Å². The molecule has 0 aromatic rings. The van der Waals surface area contributed by atoms with Crippen LogP contribution in [0.3, 0.4) is 0 Å². The van der Waals surface area contributed by atoms with Crippen LogP contribution < -0.4 is 0 Å². The number of carbonyl (C=O) groups is 5. The third-order valence-electron chi connectivity index (χ3n) is 9.99. The van der Waals surface area contributed by atoms with Crippen LogP contribution in [0, 0.1) is 11.8 Å². The summed E-state index contributed by atoms with van der Waals surface area (Å²) in [6, 6.07) is 0. The van der Waals surface area contributed by atoms with E-state index >= 15 is 0 Å². The molecule has 11 heteroatoms. The van der Waals surface area contributed by atoms with E-state index in [0.717, 1.165) is 109 Å². The normalized spacial score (nSPS) is 11.9. The van der Waals surface area contributed by atoms with E-state index in [-0.39, 0.29) is 69.7 Å². The summed E-state index contributed by atoms with van der Waals surface area (Å²) in [6.45, 7) is 6.64. The van der Waals surface area contributed by atoms with Gasteiger partial charge in [-0.1, -0.05) is 144 Å². The summed E-state index contributed by atoms with van der Waals surface area (Å²) in [4.78, 5) is 62.1. The minimum absolute atomic E-state index is 0.0238. The van der Waals surface area contributed by atoms with Crippen molar-refractivity contribution < 1.29 is 47.7 Å². The molecule has 0 rings (SSSR count). The van der Waals surface area contributed by atoms with E-state index in [1.165, 1.54) is 25.7 Å². The number of halogens is 1. The predicted octanol–water partition coefficient (Wildman–Crippen LogP) is 12.4. The summed E-state index contributed by atoms with van der Waals surface area (Å²) in [6.07, 6.45) is 33.7. The number of allylic oxidation sites excluding steroid dienone is 4. The minimum Gasteiger partial charge on any atom is -0.465 e. The van der Waals surface area contributed by atoms with Crippen LogP contribution in [0.5, 0.6) is 0 Å². The molecule has 342 valence electrons. The molecule has 0 bridgehead atoms. The molecule has 10 nitrogen and oxygen atoms in total. The van der Waals surface area contributed by atoms with Crippen molar-refractivity contribution in [1.29, 1.82) is 0 Å². The molecule has 0 N–H and O–H groups in total. The zero-order valence-corrected chi connectivity index (χ0v) is 39.1. The highest BCUT2D eigenvalue weighted by Crippen LogP contribution is 2.15. The third kappa shape index (κ3) is 40.5. The lowest BCUT2D eigenvalue weighted by atomic mass is 10.0. The molecule has 0 aliphatic rings. The molecule has 0 radical (unpaired) electrons. The first-order valence-corrected chi connectivity index (χ1v) is 24.5. The predicted molar refractivity (Wildman–Crippen MR) is 240 cm³/mol. The van der Waals surface area contributed by atoms with E-state index in [0.29, 0.717) is 37.4 Å². The van der Waals surface area contributed by atoms with E-state index in [9.17, 15) is 24.0 Å². The van der Waals surface area contributed by atoms with Gasteiger partial charge in [0.1, 0.15) is 19.8 Å². The number of hydrogen-bond acceptors (Lipinski definition) is 10. The fourth-order valence-electron chi connectivity index (χ4n) is 6.21. The Bertz CT molecular complexity index is 1080. The zero-order valence-electron chi connectivity index (χ0n) is 37.5. The van der Waals surface area contributed by atoms with Gasteiger partial charge >= 0.3 is 29.8 Å². The van der Waals surface area contributed by atoms with Gasteiger partial charge in [-0.25, -0.2) is 0 Å². The summed E-state index contributed by atoms with van der Waals surface area (Å²) in [5.41, 5.74) is 0. The van der Waals surface area contributed by atoms with Gasteiger partial charge in [0.25, 0.3) is 0 Å². The van der Waals surface area contributed by atoms with Crippen LogP contribution in [0.15, 0.2) is 24.3 Å². The summed E-state index contributed by atoms with van der Waals surface area (Å²) >= 11 is 3.23. The quantitative estimate of drug-likeness (QED) is 0.0192. The molecule has 0 amide bonds. The van der Waals surface area contributed by atoms with Gasteiger partial charge < -0.3 is 23.7 Å². The summed E-state index contributed by atoms with van der Waals surface area (Å²) in [7, 11) is 0.